The molecule has 0 fully saturated rings. The Morgan fingerprint density at radius 3 is 2.86 bits per heavy atom. The number of aryl methyl sites for hydroxylation is 2. The van der Waals surface area contributed by atoms with Gasteiger partial charge in [0, 0.05) is 22.6 Å². The minimum atomic E-state index is -0.0412. The number of benzene rings is 1. The number of hydrogen-bond donors (Lipinski definition) is 2. The highest BCUT2D eigenvalue weighted by molar-refractivity contribution is 7.16. The first-order valence-corrected chi connectivity index (χ1v) is 8.19. The molecule has 0 aliphatic heterocycles. The van der Waals surface area contributed by atoms with Crippen LogP contribution in [0.4, 0.5) is 10.7 Å². The molecule has 1 aromatic carbocycles. The summed E-state index contributed by atoms with van der Waals surface area (Å²) in [4.78, 5) is 14.0. The number of thiophene rings is 1. The van der Waals surface area contributed by atoms with Crippen molar-refractivity contribution in [1.29, 1.82) is 0 Å². The zero-order valence-electron chi connectivity index (χ0n) is 12.0. The van der Waals surface area contributed by atoms with Gasteiger partial charge in [0.1, 0.15) is 5.00 Å². The molecule has 0 unspecified atom stereocenters. The molecule has 21 heavy (non-hydrogen) atoms. The molecular weight excluding hydrogens is 304 g/mol. The van der Waals surface area contributed by atoms with E-state index in [0.29, 0.717) is 5.02 Å². The summed E-state index contributed by atoms with van der Waals surface area (Å²) in [7, 11) is 1.87. The van der Waals surface area contributed by atoms with E-state index >= 15 is 0 Å². The second-order valence-corrected chi connectivity index (χ2v) is 6.74. The van der Waals surface area contributed by atoms with Gasteiger partial charge in [0.25, 0.3) is 5.91 Å². The number of fused-ring (bicyclic) bond motifs is 1. The number of carbonyl (C=O) groups excluding carboxylic acids is 1. The van der Waals surface area contributed by atoms with Crippen LogP contribution in [0.5, 0.6) is 0 Å². The van der Waals surface area contributed by atoms with Gasteiger partial charge >= 0.3 is 0 Å². The van der Waals surface area contributed by atoms with Gasteiger partial charge in [-0.1, -0.05) is 11.6 Å². The lowest BCUT2D eigenvalue weighted by Crippen LogP contribution is -2.14. The first-order chi connectivity index (χ1) is 10.1. The van der Waals surface area contributed by atoms with Gasteiger partial charge in [-0.15, -0.1) is 11.3 Å². The van der Waals surface area contributed by atoms with Crippen LogP contribution < -0.4 is 10.6 Å². The SMILES string of the molecule is CNc1sc2c(c1C(=O)Nc1ccc(Cl)c(C)c1)CCC2. The van der Waals surface area contributed by atoms with Crippen LogP contribution in [0.25, 0.3) is 0 Å². The monoisotopic (exact) mass is 320 g/mol. The van der Waals surface area contributed by atoms with Crippen LogP contribution in [0.3, 0.4) is 0 Å². The van der Waals surface area contributed by atoms with Crippen LogP contribution in [0.15, 0.2) is 18.2 Å². The van der Waals surface area contributed by atoms with E-state index in [1.807, 2.05) is 32.2 Å². The third kappa shape index (κ3) is 2.65. The predicted octanol–water partition coefficient (Wildman–Crippen LogP) is 4.49. The summed E-state index contributed by atoms with van der Waals surface area (Å²) in [6, 6.07) is 5.54. The van der Waals surface area contributed by atoms with Gasteiger partial charge in [0.15, 0.2) is 0 Å². The van der Waals surface area contributed by atoms with E-state index in [9.17, 15) is 4.79 Å². The molecule has 110 valence electrons. The van der Waals surface area contributed by atoms with E-state index in [1.165, 1.54) is 10.4 Å². The van der Waals surface area contributed by atoms with E-state index < -0.39 is 0 Å². The molecule has 0 radical (unpaired) electrons. The number of halogens is 1. The van der Waals surface area contributed by atoms with Gasteiger partial charge in [0.05, 0.1) is 5.56 Å². The number of amides is 1. The Labute approximate surface area is 133 Å². The maximum Gasteiger partial charge on any atom is 0.258 e. The molecule has 5 heteroatoms. The molecule has 0 bridgehead atoms. The van der Waals surface area contributed by atoms with Crippen LogP contribution in [0, 0.1) is 6.92 Å². The van der Waals surface area contributed by atoms with Crippen molar-refractivity contribution < 1.29 is 4.79 Å². The fourth-order valence-electron chi connectivity index (χ4n) is 2.74. The van der Waals surface area contributed by atoms with Crippen molar-refractivity contribution in [2.24, 2.45) is 0 Å². The number of carbonyl (C=O) groups is 1. The van der Waals surface area contributed by atoms with Crippen molar-refractivity contribution in [3.63, 3.8) is 0 Å². The topological polar surface area (TPSA) is 41.1 Å². The molecule has 1 aliphatic carbocycles. The Hall–Kier alpha value is -1.52. The lowest BCUT2D eigenvalue weighted by molar-refractivity contribution is 0.102. The van der Waals surface area contributed by atoms with Gasteiger partial charge < -0.3 is 10.6 Å². The average Bonchev–Trinajstić information content (AvgIpc) is 3.02. The Balaban J connectivity index is 1.90. The summed E-state index contributed by atoms with van der Waals surface area (Å²) in [6.07, 6.45) is 3.23. The van der Waals surface area contributed by atoms with Crippen molar-refractivity contribution >= 4 is 39.5 Å². The summed E-state index contributed by atoms with van der Waals surface area (Å²) in [5.74, 6) is -0.0412. The maximum atomic E-state index is 12.6. The first kappa shape index (κ1) is 14.4. The van der Waals surface area contributed by atoms with Crippen LogP contribution in [0.1, 0.15) is 32.8 Å². The zero-order chi connectivity index (χ0) is 15.0. The summed E-state index contributed by atoms with van der Waals surface area (Å²) >= 11 is 7.72. The number of anilines is 2. The highest BCUT2D eigenvalue weighted by Crippen LogP contribution is 2.39. The van der Waals surface area contributed by atoms with E-state index in [-0.39, 0.29) is 5.91 Å². The Bertz CT molecular complexity index is 709. The van der Waals surface area contributed by atoms with Crippen LogP contribution in [-0.2, 0) is 12.8 Å². The molecule has 0 saturated heterocycles. The molecule has 1 aromatic heterocycles. The second kappa shape index (κ2) is 5.70. The molecular formula is C16H17ClN2OS. The summed E-state index contributed by atoms with van der Waals surface area (Å²) < 4.78 is 0. The Morgan fingerprint density at radius 2 is 2.14 bits per heavy atom. The van der Waals surface area contributed by atoms with Crippen molar-refractivity contribution in [1.82, 2.24) is 0 Å². The quantitative estimate of drug-likeness (QED) is 0.874. The third-order valence-corrected chi connectivity index (χ3v) is 5.52. The summed E-state index contributed by atoms with van der Waals surface area (Å²) in [5.41, 5.74) is 3.76. The summed E-state index contributed by atoms with van der Waals surface area (Å²) in [6.45, 7) is 1.93. The molecule has 3 nitrogen and oxygen atoms in total. The van der Waals surface area contributed by atoms with Crippen LogP contribution in [0.2, 0.25) is 5.02 Å². The smallest absolute Gasteiger partial charge is 0.258 e. The predicted molar refractivity (Wildman–Crippen MR) is 90.0 cm³/mol. The van der Waals surface area contributed by atoms with E-state index in [1.54, 1.807) is 11.3 Å². The van der Waals surface area contributed by atoms with E-state index in [0.717, 1.165) is 41.1 Å². The maximum absolute atomic E-state index is 12.6. The van der Waals surface area contributed by atoms with Gasteiger partial charge in [-0.25, -0.2) is 0 Å². The molecule has 3 rings (SSSR count). The third-order valence-electron chi connectivity index (χ3n) is 3.79. The van der Waals surface area contributed by atoms with E-state index in [4.69, 9.17) is 11.6 Å². The number of nitrogens with one attached hydrogen (secondary N) is 2. The van der Waals surface area contributed by atoms with E-state index in [2.05, 4.69) is 10.6 Å². The van der Waals surface area contributed by atoms with Crippen LogP contribution in [-0.4, -0.2) is 13.0 Å². The van der Waals surface area contributed by atoms with Crippen LogP contribution >= 0.6 is 22.9 Å². The first-order valence-electron chi connectivity index (χ1n) is 7.00. The van der Waals surface area contributed by atoms with Gasteiger partial charge in [-0.3, -0.25) is 4.79 Å². The van der Waals surface area contributed by atoms with Gasteiger partial charge in [-0.2, -0.15) is 0 Å². The highest BCUT2D eigenvalue weighted by Gasteiger charge is 2.26. The normalized spacial score (nSPS) is 13.1. The molecule has 2 N–H and O–H groups in total. The van der Waals surface area contributed by atoms with Crippen molar-refractivity contribution in [3.05, 3.63) is 44.8 Å². The molecule has 1 aliphatic rings. The molecule has 0 atom stereocenters. The average molecular weight is 321 g/mol. The van der Waals surface area contributed by atoms with Crippen molar-refractivity contribution in [3.8, 4) is 0 Å². The standard InChI is InChI=1S/C16H17ClN2OS/c1-9-8-10(6-7-12(9)17)19-15(20)14-11-4-3-5-13(11)21-16(14)18-2/h6-8,18H,3-5H2,1-2H3,(H,19,20). The molecule has 2 aromatic rings. The lowest BCUT2D eigenvalue weighted by atomic mass is 10.1. The largest absolute Gasteiger partial charge is 0.379 e. The fraction of sp³-hybridized carbons (Fsp3) is 0.312. The van der Waals surface area contributed by atoms with Gasteiger partial charge in [0.2, 0.25) is 0 Å². The minimum Gasteiger partial charge on any atom is -0.379 e. The molecule has 0 saturated carbocycles. The molecule has 1 heterocycles. The second-order valence-electron chi connectivity index (χ2n) is 5.23. The lowest BCUT2D eigenvalue weighted by Gasteiger charge is -2.09. The minimum absolute atomic E-state index is 0.0412. The Kier molecular flexibility index (Phi) is 3.91. The van der Waals surface area contributed by atoms with Crippen molar-refractivity contribution in [2.75, 3.05) is 17.7 Å². The highest BCUT2D eigenvalue weighted by atomic mass is 35.5. The molecule has 0 spiro atoms. The van der Waals surface area contributed by atoms with Crippen molar-refractivity contribution in [2.45, 2.75) is 26.2 Å². The summed E-state index contributed by atoms with van der Waals surface area (Å²) in [5, 5.41) is 7.80. The molecule has 1 amide bonds. The van der Waals surface area contributed by atoms with Gasteiger partial charge in [-0.05, 0) is 55.5 Å². The number of hydrogen-bond acceptors (Lipinski definition) is 3. The fourth-order valence-corrected chi connectivity index (χ4v) is 4.09. The zero-order valence-corrected chi connectivity index (χ0v) is 13.6. The number of rotatable bonds is 3. The Morgan fingerprint density at radius 1 is 1.33 bits per heavy atom.